The third-order valence-electron chi connectivity index (χ3n) is 5.35. The standard InChI is InChI=1S/C24H30FN3O3/c1-4-23(29)26-20-11-12-22(27(2)3)18(14-20)15-28(16-21-6-5-13-31-21)24(30)17-7-9-19(25)10-8-17/h7-12,14,21H,4-6,13,15-16H2,1-3H3,(H,26,29)/t21-/m1/s1. The first kappa shape index (κ1) is 22.7. The smallest absolute Gasteiger partial charge is 0.254 e. The number of nitrogens with one attached hydrogen (secondary N) is 1. The van der Waals surface area contributed by atoms with E-state index in [1.807, 2.05) is 37.2 Å². The quantitative estimate of drug-likeness (QED) is 0.690. The van der Waals surface area contributed by atoms with Crippen molar-refractivity contribution in [1.29, 1.82) is 0 Å². The maximum atomic E-state index is 13.4. The second kappa shape index (κ2) is 10.4. The Morgan fingerprint density at radius 3 is 2.52 bits per heavy atom. The van der Waals surface area contributed by atoms with Crippen molar-refractivity contribution in [2.24, 2.45) is 0 Å². The van der Waals surface area contributed by atoms with Gasteiger partial charge in [-0.05, 0) is 60.9 Å². The van der Waals surface area contributed by atoms with Crippen molar-refractivity contribution in [3.05, 3.63) is 59.4 Å². The first-order valence-electron chi connectivity index (χ1n) is 10.6. The summed E-state index contributed by atoms with van der Waals surface area (Å²) in [5, 5.41) is 2.88. The summed E-state index contributed by atoms with van der Waals surface area (Å²) in [6.07, 6.45) is 2.25. The van der Waals surface area contributed by atoms with Gasteiger partial charge in [0.25, 0.3) is 5.91 Å². The molecule has 31 heavy (non-hydrogen) atoms. The summed E-state index contributed by atoms with van der Waals surface area (Å²) >= 11 is 0. The first-order chi connectivity index (χ1) is 14.9. The summed E-state index contributed by atoms with van der Waals surface area (Å²) in [6.45, 7) is 3.30. The summed E-state index contributed by atoms with van der Waals surface area (Å²) in [5.41, 5.74) is 2.99. The molecule has 0 radical (unpaired) electrons. The minimum atomic E-state index is -0.378. The normalized spacial score (nSPS) is 15.5. The Balaban J connectivity index is 1.91. The van der Waals surface area contributed by atoms with Crippen molar-refractivity contribution >= 4 is 23.2 Å². The Hall–Kier alpha value is -2.93. The average molecular weight is 428 g/mol. The molecule has 1 aliphatic heterocycles. The van der Waals surface area contributed by atoms with Crippen LogP contribution in [-0.2, 0) is 16.1 Å². The highest BCUT2D eigenvalue weighted by Crippen LogP contribution is 2.26. The molecule has 0 aromatic heterocycles. The van der Waals surface area contributed by atoms with E-state index in [0.29, 0.717) is 37.4 Å². The number of hydrogen-bond donors (Lipinski definition) is 1. The number of halogens is 1. The van der Waals surface area contributed by atoms with E-state index in [1.54, 1.807) is 11.8 Å². The molecule has 1 N–H and O–H groups in total. The van der Waals surface area contributed by atoms with E-state index < -0.39 is 0 Å². The number of rotatable bonds is 8. The van der Waals surface area contributed by atoms with Gasteiger partial charge < -0.3 is 19.9 Å². The summed E-state index contributed by atoms with van der Waals surface area (Å²) in [6, 6.07) is 11.3. The summed E-state index contributed by atoms with van der Waals surface area (Å²) in [7, 11) is 3.88. The number of carbonyl (C=O) groups is 2. The highest BCUT2D eigenvalue weighted by Gasteiger charge is 2.25. The number of anilines is 2. The van der Waals surface area contributed by atoms with Gasteiger partial charge in [0.05, 0.1) is 6.10 Å². The van der Waals surface area contributed by atoms with Crippen LogP contribution in [0.25, 0.3) is 0 Å². The van der Waals surface area contributed by atoms with Crippen LogP contribution in [0.4, 0.5) is 15.8 Å². The predicted molar refractivity (Wildman–Crippen MR) is 120 cm³/mol. The summed E-state index contributed by atoms with van der Waals surface area (Å²) in [4.78, 5) is 28.9. The molecular formula is C24H30FN3O3. The lowest BCUT2D eigenvalue weighted by Crippen LogP contribution is -2.37. The molecule has 2 aromatic carbocycles. The molecule has 1 aliphatic rings. The van der Waals surface area contributed by atoms with Gasteiger partial charge >= 0.3 is 0 Å². The minimum Gasteiger partial charge on any atom is -0.377 e. The predicted octanol–water partition coefficient (Wildman–Crippen LogP) is 4.06. The lowest BCUT2D eigenvalue weighted by Gasteiger charge is -2.28. The van der Waals surface area contributed by atoms with Gasteiger partial charge in [-0.2, -0.15) is 0 Å². The van der Waals surface area contributed by atoms with Gasteiger partial charge in [-0.25, -0.2) is 4.39 Å². The molecule has 0 spiro atoms. The van der Waals surface area contributed by atoms with Gasteiger partial charge in [0.2, 0.25) is 5.91 Å². The zero-order chi connectivity index (χ0) is 22.4. The van der Waals surface area contributed by atoms with Crippen LogP contribution >= 0.6 is 0 Å². The van der Waals surface area contributed by atoms with Crippen molar-refractivity contribution in [2.75, 3.05) is 37.5 Å². The highest BCUT2D eigenvalue weighted by atomic mass is 19.1. The SMILES string of the molecule is CCC(=O)Nc1ccc(N(C)C)c(CN(C[C@H]2CCCO2)C(=O)c2ccc(F)cc2)c1. The number of amides is 2. The van der Waals surface area contributed by atoms with Crippen LogP contribution < -0.4 is 10.2 Å². The Bertz CT molecular complexity index is 909. The molecule has 1 saturated heterocycles. The van der Waals surface area contributed by atoms with Crippen LogP contribution in [0.5, 0.6) is 0 Å². The van der Waals surface area contributed by atoms with E-state index in [9.17, 15) is 14.0 Å². The Kier molecular flexibility index (Phi) is 7.63. The van der Waals surface area contributed by atoms with Crippen LogP contribution in [0.1, 0.15) is 42.1 Å². The fraction of sp³-hybridized carbons (Fsp3) is 0.417. The van der Waals surface area contributed by atoms with Crippen LogP contribution in [0.15, 0.2) is 42.5 Å². The van der Waals surface area contributed by atoms with Gasteiger partial charge in [-0.15, -0.1) is 0 Å². The second-order valence-corrected chi connectivity index (χ2v) is 7.97. The lowest BCUT2D eigenvalue weighted by molar-refractivity contribution is -0.115. The summed E-state index contributed by atoms with van der Waals surface area (Å²) < 4.78 is 19.1. The fourth-order valence-corrected chi connectivity index (χ4v) is 3.71. The number of hydrogen-bond acceptors (Lipinski definition) is 4. The molecule has 1 heterocycles. The molecule has 0 unspecified atom stereocenters. The molecule has 7 heteroatoms. The molecule has 0 bridgehead atoms. The van der Waals surface area contributed by atoms with Crippen molar-refractivity contribution < 1.29 is 18.7 Å². The van der Waals surface area contributed by atoms with Crippen LogP contribution in [0, 0.1) is 5.82 Å². The fourth-order valence-electron chi connectivity index (χ4n) is 3.71. The van der Waals surface area contributed by atoms with E-state index in [1.165, 1.54) is 24.3 Å². The van der Waals surface area contributed by atoms with Crippen molar-refractivity contribution in [3.63, 3.8) is 0 Å². The Labute approximate surface area is 183 Å². The van der Waals surface area contributed by atoms with Crippen LogP contribution in [-0.4, -0.2) is 50.1 Å². The van der Waals surface area contributed by atoms with Gasteiger partial charge in [0.15, 0.2) is 0 Å². The number of benzene rings is 2. The third kappa shape index (κ3) is 6.04. The van der Waals surface area contributed by atoms with Gasteiger partial charge in [-0.1, -0.05) is 6.92 Å². The lowest BCUT2D eigenvalue weighted by atomic mass is 10.1. The van der Waals surface area contributed by atoms with Gasteiger partial charge in [0, 0.05) is 57.2 Å². The number of ether oxygens (including phenoxy) is 1. The minimum absolute atomic E-state index is 0.0184. The maximum absolute atomic E-state index is 13.4. The number of nitrogens with zero attached hydrogens (tertiary/aromatic N) is 2. The molecule has 0 aliphatic carbocycles. The topological polar surface area (TPSA) is 61.9 Å². The zero-order valence-electron chi connectivity index (χ0n) is 18.4. The molecule has 2 amide bonds. The van der Waals surface area contributed by atoms with E-state index in [4.69, 9.17) is 4.74 Å². The van der Waals surface area contributed by atoms with E-state index in [-0.39, 0.29) is 23.7 Å². The molecule has 166 valence electrons. The zero-order valence-corrected chi connectivity index (χ0v) is 18.4. The Morgan fingerprint density at radius 2 is 1.90 bits per heavy atom. The van der Waals surface area contributed by atoms with Gasteiger partial charge in [-0.3, -0.25) is 9.59 Å². The van der Waals surface area contributed by atoms with Crippen molar-refractivity contribution in [3.8, 4) is 0 Å². The highest BCUT2D eigenvalue weighted by molar-refractivity contribution is 5.94. The largest absolute Gasteiger partial charge is 0.377 e. The van der Waals surface area contributed by atoms with E-state index >= 15 is 0 Å². The van der Waals surface area contributed by atoms with E-state index in [0.717, 1.165) is 24.1 Å². The first-order valence-corrected chi connectivity index (χ1v) is 10.6. The van der Waals surface area contributed by atoms with Gasteiger partial charge in [0.1, 0.15) is 5.82 Å². The summed E-state index contributed by atoms with van der Waals surface area (Å²) in [5.74, 6) is -0.623. The molecule has 3 rings (SSSR count). The molecule has 0 saturated carbocycles. The monoisotopic (exact) mass is 427 g/mol. The molecule has 6 nitrogen and oxygen atoms in total. The molecule has 1 fully saturated rings. The van der Waals surface area contributed by atoms with E-state index in [2.05, 4.69) is 5.32 Å². The Morgan fingerprint density at radius 1 is 1.16 bits per heavy atom. The molecule has 1 atom stereocenters. The molecule has 2 aromatic rings. The molecular weight excluding hydrogens is 397 g/mol. The van der Waals surface area contributed by atoms with Crippen LogP contribution in [0.2, 0.25) is 0 Å². The van der Waals surface area contributed by atoms with Crippen LogP contribution in [0.3, 0.4) is 0 Å². The average Bonchev–Trinajstić information content (AvgIpc) is 3.26. The maximum Gasteiger partial charge on any atom is 0.254 e. The van der Waals surface area contributed by atoms with Crippen molar-refractivity contribution in [1.82, 2.24) is 4.90 Å². The second-order valence-electron chi connectivity index (χ2n) is 7.97. The van der Waals surface area contributed by atoms with Crippen molar-refractivity contribution in [2.45, 2.75) is 38.8 Å². The third-order valence-corrected chi connectivity index (χ3v) is 5.35. The number of carbonyl (C=O) groups excluding carboxylic acids is 2.